The number of methoxy groups -OCH3 is 1. The molecule has 0 heterocycles. The first-order chi connectivity index (χ1) is 9.65. The minimum absolute atomic E-state index is 0.0202. The van der Waals surface area contributed by atoms with Crippen molar-refractivity contribution >= 4 is 0 Å². The number of hydrogen-bond acceptors (Lipinski definition) is 5. The van der Waals surface area contributed by atoms with E-state index in [0.717, 1.165) is 5.56 Å². The van der Waals surface area contributed by atoms with E-state index in [2.05, 4.69) is 11.4 Å². The van der Waals surface area contributed by atoms with Gasteiger partial charge in [0.05, 0.1) is 37.1 Å². The van der Waals surface area contributed by atoms with Crippen molar-refractivity contribution in [1.29, 1.82) is 5.26 Å². The van der Waals surface area contributed by atoms with E-state index in [-0.39, 0.29) is 12.7 Å². The lowest BCUT2D eigenvalue weighted by atomic mass is 10.1. The Bertz CT molecular complexity index is 414. The summed E-state index contributed by atoms with van der Waals surface area (Å²) >= 11 is 0. The van der Waals surface area contributed by atoms with E-state index in [1.165, 1.54) is 0 Å². The molecule has 5 nitrogen and oxygen atoms in total. The summed E-state index contributed by atoms with van der Waals surface area (Å²) in [5.41, 5.74) is 1.72. The number of hydrogen-bond donors (Lipinski definition) is 2. The number of nitriles is 1. The summed E-state index contributed by atoms with van der Waals surface area (Å²) in [7, 11) is 1.62. The highest BCUT2D eigenvalue weighted by Gasteiger charge is 2.07. The molecule has 0 spiro atoms. The SMILES string of the molecule is COCC(C)OCC(O)CNCc1ccc(C#N)cc1. The molecular weight excluding hydrogens is 256 g/mol. The van der Waals surface area contributed by atoms with Crippen molar-refractivity contribution in [2.24, 2.45) is 0 Å². The predicted molar refractivity (Wildman–Crippen MR) is 76.2 cm³/mol. The van der Waals surface area contributed by atoms with Crippen molar-refractivity contribution in [3.63, 3.8) is 0 Å². The van der Waals surface area contributed by atoms with Crippen LogP contribution in [0.2, 0.25) is 0 Å². The van der Waals surface area contributed by atoms with Gasteiger partial charge < -0.3 is 19.9 Å². The van der Waals surface area contributed by atoms with Gasteiger partial charge in [0.15, 0.2) is 0 Å². The van der Waals surface area contributed by atoms with Crippen molar-refractivity contribution < 1.29 is 14.6 Å². The van der Waals surface area contributed by atoms with Gasteiger partial charge in [-0.05, 0) is 24.6 Å². The second-order valence-corrected chi connectivity index (χ2v) is 4.69. The molecule has 1 aromatic rings. The molecule has 0 aliphatic rings. The standard InChI is InChI=1S/C15H22N2O3/c1-12(10-19-2)20-11-15(18)9-17-8-14-5-3-13(7-16)4-6-14/h3-6,12,15,17-18H,8-11H2,1-2H3. The molecule has 2 atom stereocenters. The minimum atomic E-state index is -0.548. The molecule has 5 heteroatoms. The molecule has 0 aromatic heterocycles. The van der Waals surface area contributed by atoms with E-state index in [0.29, 0.717) is 25.3 Å². The van der Waals surface area contributed by atoms with Crippen LogP contribution in [0, 0.1) is 11.3 Å². The summed E-state index contributed by atoms with van der Waals surface area (Å²) in [4.78, 5) is 0. The fourth-order valence-corrected chi connectivity index (χ4v) is 1.70. The second kappa shape index (κ2) is 9.45. The molecule has 0 aliphatic carbocycles. The summed E-state index contributed by atoms with van der Waals surface area (Å²) in [6.45, 7) is 3.81. The Morgan fingerprint density at radius 1 is 1.30 bits per heavy atom. The largest absolute Gasteiger partial charge is 0.389 e. The third-order valence-corrected chi connectivity index (χ3v) is 2.77. The Morgan fingerprint density at radius 2 is 2.00 bits per heavy atom. The van der Waals surface area contributed by atoms with Crippen molar-refractivity contribution in [3.8, 4) is 6.07 Å². The van der Waals surface area contributed by atoms with E-state index < -0.39 is 6.10 Å². The number of nitrogens with zero attached hydrogens (tertiary/aromatic N) is 1. The van der Waals surface area contributed by atoms with Gasteiger partial charge in [0, 0.05) is 20.2 Å². The minimum Gasteiger partial charge on any atom is -0.389 e. The summed E-state index contributed by atoms with van der Waals surface area (Å²) < 4.78 is 10.4. The third kappa shape index (κ3) is 6.64. The maximum atomic E-state index is 9.76. The van der Waals surface area contributed by atoms with Crippen molar-refractivity contribution in [2.75, 3.05) is 26.9 Å². The van der Waals surface area contributed by atoms with Crippen LogP contribution in [0.15, 0.2) is 24.3 Å². The Kier molecular flexibility index (Phi) is 7.85. The second-order valence-electron chi connectivity index (χ2n) is 4.69. The quantitative estimate of drug-likeness (QED) is 0.706. The number of aliphatic hydroxyl groups excluding tert-OH is 1. The Hall–Kier alpha value is -1.45. The lowest BCUT2D eigenvalue weighted by Gasteiger charge is -2.16. The third-order valence-electron chi connectivity index (χ3n) is 2.77. The molecule has 0 bridgehead atoms. The van der Waals surface area contributed by atoms with Crippen molar-refractivity contribution in [3.05, 3.63) is 35.4 Å². The summed E-state index contributed by atoms with van der Waals surface area (Å²) in [5.74, 6) is 0. The molecule has 0 saturated heterocycles. The maximum Gasteiger partial charge on any atom is 0.0991 e. The number of rotatable bonds is 9. The van der Waals surface area contributed by atoms with Crippen LogP contribution in [0.5, 0.6) is 0 Å². The van der Waals surface area contributed by atoms with Crippen LogP contribution in [-0.4, -0.2) is 44.2 Å². The number of nitrogens with one attached hydrogen (secondary N) is 1. The van der Waals surface area contributed by atoms with Gasteiger partial charge in [0.25, 0.3) is 0 Å². The van der Waals surface area contributed by atoms with E-state index in [1.54, 1.807) is 19.2 Å². The summed E-state index contributed by atoms with van der Waals surface area (Å²) in [6.07, 6.45) is -0.569. The summed E-state index contributed by atoms with van der Waals surface area (Å²) in [6, 6.07) is 9.44. The Balaban J connectivity index is 2.18. The van der Waals surface area contributed by atoms with E-state index in [1.807, 2.05) is 19.1 Å². The van der Waals surface area contributed by atoms with Crippen LogP contribution in [0.3, 0.4) is 0 Å². The molecule has 0 fully saturated rings. The zero-order chi connectivity index (χ0) is 14.8. The van der Waals surface area contributed by atoms with Crippen LogP contribution in [0.25, 0.3) is 0 Å². The average molecular weight is 278 g/mol. The zero-order valence-corrected chi connectivity index (χ0v) is 12.0. The predicted octanol–water partition coefficient (Wildman–Crippen LogP) is 1.06. The molecule has 2 N–H and O–H groups in total. The number of ether oxygens (including phenoxy) is 2. The normalized spacial score (nSPS) is 13.7. The fraction of sp³-hybridized carbons (Fsp3) is 0.533. The van der Waals surface area contributed by atoms with E-state index in [4.69, 9.17) is 14.7 Å². The van der Waals surface area contributed by atoms with Gasteiger partial charge in [-0.3, -0.25) is 0 Å². The Morgan fingerprint density at radius 3 is 2.60 bits per heavy atom. The van der Waals surface area contributed by atoms with E-state index >= 15 is 0 Å². The average Bonchev–Trinajstić information content (AvgIpc) is 2.46. The molecule has 2 unspecified atom stereocenters. The molecule has 1 rings (SSSR count). The first-order valence-corrected chi connectivity index (χ1v) is 6.64. The first-order valence-electron chi connectivity index (χ1n) is 6.64. The molecule has 20 heavy (non-hydrogen) atoms. The molecule has 0 saturated carbocycles. The highest BCUT2D eigenvalue weighted by atomic mass is 16.5. The topological polar surface area (TPSA) is 74.5 Å². The van der Waals surface area contributed by atoms with Crippen LogP contribution in [-0.2, 0) is 16.0 Å². The van der Waals surface area contributed by atoms with Crippen LogP contribution >= 0.6 is 0 Å². The van der Waals surface area contributed by atoms with Gasteiger partial charge >= 0.3 is 0 Å². The van der Waals surface area contributed by atoms with Crippen molar-refractivity contribution in [1.82, 2.24) is 5.32 Å². The zero-order valence-electron chi connectivity index (χ0n) is 12.0. The lowest BCUT2D eigenvalue weighted by molar-refractivity contribution is -0.0311. The molecular formula is C15H22N2O3. The maximum absolute atomic E-state index is 9.76. The molecule has 0 aliphatic heterocycles. The van der Waals surface area contributed by atoms with Gasteiger partial charge in [0.1, 0.15) is 0 Å². The van der Waals surface area contributed by atoms with Crippen LogP contribution < -0.4 is 5.32 Å². The highest BCUT2D eigenvalue weighted by Crippen LogP contribution is 2.02. The van der Waals surface area contributed by atoms with Gasteiger partial charge in [-0.2, -0.15) is 5.26 Å². The van der Waals surface area contributed by atoms with Gasteiger partial charge in [0.2, 0.25) is 0 Å². The number of aliphatic hydroxyl groups is 1. The molecule has 0 amide bonds. The summed E-state index contributed by atoms with van der Waals surface area (Å²) in [5, 5.41) is 21.6. The molecule has 110 valence electrons. The fourth-order valence-electron chi connectivity index (χ4n) is 1.70. The van der Waals surface area contributed by atoms with Crippen molar-refractivity contribution in [2.45, 2.75) is 25.7 Å². The molecule has 1 aromatic carbocycles. The lowest BCUT2D eigenvalue weighted by Crippen LogP contribution is -2.32. The van der Waals surface area contributed by atoms with Gasteiger partial charge in [-0.25, -0.2) is 0 Å². The highest BCUT2D eigenvalue weighted by molar-refractivity contribution is 5.31. The molecule has 0 radical (unpaired) electrons. The van der Waals surface area contributed by atoms with Gasteiger partial charge in [-0.15, -0.1) is 0 Å². The van der Waals surface area contributed by atoms with Gasteiger partial charge in [-0.1, -0.05) is 12.1 Å². The smallest absolute Gasteiger partial charge is 0.0991 e. The monoisotopic (exact) mass is 278 g/mol. The van der Waals surface area contributed by atoms with Crippen LogP contribution in [0.1, 0.15) is 18.1 Å². The Labute approximate surface area is 120 Å². The van der Waals surface area contributed by atoms with E-state index in [9.17, 15) is 5.11 Å². The first kappa shape index (κ1) is 16.6. The van der Waals surface area contributed by atoms with Crippen LogP contribution in [0.4, 0.5) is 0 Å². The number of benzene rings is 1.